The lowest BCUT2D eigenvalue weighted by atomic mass is 10.1. The molecule has 3 aromatic carbocycles. The number of ether oxygens (including phenoxy) is 3. The van der Waals surface area contributed by atoms with E-state index in [2.05, 4.69) is 23.9 Å². The Morgan fingerprint density at radius 2 is 1.77 bits per heavy atom. The quantitative estimate of drug-likeness (QED) is 0.124. The molecule has 1 fully saturated rings. The second-order valence-electron chi connectivity index (χ2n) is 12.7. The van der Waals surface area contributed by atoms with Crippen LogP contribution >= 0.6 is 21.6 Å². The molecule has 48 heavy (non-hydrogen) atoms. The highest BCUT2D eigenvalue weighted by Crippen LogP contribution is 2.34. The number of hydrogen-bond acceptors (Lipinski definition) is 7. The molecular formula is C36H40ClN5O5S. The lowest BCUT2D eigenvalue weighted by Gasteiger charge is -2.26. The monoisotopic (exact) mass is 689 g/mol. The fraction of sp³-hybridized carbons (Fsp3) is 0.306. The molecule has 5 aromatic rings. The minimum atomic E-state index is -0.749. The minimum Gasteiger partial charge on any atom is -0.457 e. The third-order valence-electron chi connectivity index (χ3n) is 8.22. The van der Waals surface area contributed by atoms with E-state index in [0.29, 0.717) is 66.4 Å². The lowest BCUT2D eigenvalue weighted by Crippen LogP contribution is -2.40. The zero-order chi connectivity index (χ0) is 34.0. The van der Waals surface area contributed by atoms with Gasteiger partial charge >= 0.3 is 0 Å². The molecule has 1 saturated heterocycles. The summed E-state index contributed by atoms with van der Waals surface area (Å²) in [6, 6.07) is 20.0. The number of halogens is 1. The van der Waals surface area contributed by atoms with Crippen molar-refractivity contribution in [1.82, 2.24) is 19.2 Å². The third kappa shape index (κ3) is 7.39. The van der Waals surface area contributed by atoms with E-state index in [1.165, 1.54) is 6.20 Å². The van der Waals surface area contributed by atoms with Gasteiger partial charge in [-0.1, -0.05) is 17.7 Å². The van der Waals surface area contributed by atoms with Crippen LogP contribution in [0.5, 0.6) is 11.5 Å². The Labute approximate surface area is 286 Å². The van der Waals surface area contributed by atoms with Gasteiger partial charge in [-0.05, 0) is 91.9 Å². The van der Waals surface area contributed by atoms with Crippen LogP contribution in [0.2, 0.25) is 5.02 Å². The maximum absolute atomic E-state index is 14.2. The van der Waals surface area contributed by atoms with E-state index >= 15 is 0 Å². The SMILES string of the molecule is Cc1cc(Oc2cccc(Cl)c2)ccc1-n1ncc(C(=O)c2cc3cc(C(=O)N4CCOCC4)ccc3n2COCCS(C)(C)C)c1N. The number of nitrogen functional groups attached to an aromatic ring is 1. The second kappa shape index (κ2) is 14.1. The minimum absolute atomic E-state index is 0.0601. The number of aryl methyl sites for hydroxylation is 1. The van der Waals surface area contributed by atoms with Crippen molar-refractivity contribution in [2.24, 2.45) is 0 Å². The van der Waals surface area contributed by atoms with Crippen LogP contribution in [0.25, 0.3) is 16.6 Å². The first-order chi connectivity index (χ1) is 23.0. The molecule has 12 heteroatoms. The largest absolute Gasteiger partial charge is 0.457 e. The van der Waals surface area contributed by atoms with Crippen LogP contribution in [0.3, 0.4) is 0 Å². The smallest absolute Gasteiger partial charge is 0.254 e. The molecule has 0 bridgehead atoms. The van der Waals surface area contributed by atoms with Crippen molar-refractivity contribution in [3.05, 3.63) is 100 Å². The van der Waals surface area contributed by atoms with E-state index in [9.17, 15) is 9.59 Å². The van der Waals surface area contributed by atoms with Crippen LogP contribution in [0, 0.1) is 6.92 Å². The number of nitrogens with two attached hydrogens (primary N) is 1. The average Bonchev–Trinajstić information content (AvgIpc) is 3.62. The van der Waals surface area contributed by atoms with Gasteiger partial charge in [0.05, 0.1) is 48.5 Å². The molecule has 6 rings (SSSR count). The predicted octanol–water partition coefficient (Wildman–Crippen LogP) is 6.53. The van der Waals surface area contributed by atoms with E-state index in [1.54, 1.807) is 33.8 Å². The molecule has 2 aromatic heterocycles. The summed E-state index contributed by atoms with van der Waals surface area (Å²) in [7, 11) is -0.749. The van der Waals surface area contributed by atoms with Gasteiger partial charge in [-0.25, -0.2) is 14.7 Å². The van der Waals surface area contributed by atoms with Gasteiger partial charge < -0.3 is 29.4 Å². The Morgan fingerprint density at radius 1 is 1.00 bits per heavy atom. The summed E-state index contributed by atoms with van der Waals surface area (Å²) in [6.45, 7) is 4.80. The topological polar surface area (TPSA) is 114 Å². The first kappa shape index (κ1) is 33.6. The maximum Gasteiger partial charge on any atom is 0.254 e. The number of aromatic nitrogens is 3. The third-order valence-corrected chi connectivity index (χ3v) is 9.85. The van der Waals surface area contributed by atoms with E-state index < -0.39 is 10.0 Å². The van der Waals surface area contributed by atoms with Crippen LogP contribution in [0.15, 0.2) is 72.9 Å². The van der Waals surface area contributed by atoms with Gasteiger partial charge in [0.25, 0.3) is 5.91 Å². The molecule has 3 heterocycles. The molecule has 0 unspecified atom stereocenters. The summed E-state index contributed by atoms with van der Waals surface area (Å²) in [5, 5.41) is 5.86. The van der Waals surface area contributed by atoms with Gasteiger partial charge in [0.1, 0.15) is 24.0 Å². The number of fused-ring (bicyclic) bond motifs is 1. The van der Waals surface area contributed by atoms with Crippen LogP contribution in [0.1, 0.15) is 32.0 Å². The number of hydrogen-bond donors (Lipinski definition) is 1. The zero-order valence-electron chi connectivity index (χ0n) is 27.6. The van der Waals surface area contributed by atoms with Crippen LogP contribution < -0.4 is 10.5 Å². The highest BCUT2D eigenvalue weighted by atomic mass is 35.5. The molecular weight excluding hydrogens is 650 g/mol. The van der Waals surface area contributed by atoms with Crippen molar-refractivity contribution in [3.63, 3.8) is 0 Å². The number of ketones is 1. The van der Waals surface area contributed by atoms with Crippen molar-refractivity contribution in [1.29, 1.82) is 0 Å². The molecule has 10 nitrogen and oxygen atoms in total. The highest BCUT2D eigenvalue weighted by Gasteiger charge is 2.25. The van der Waals surface area contributed by atoms with Gasteiger partial charge in [0.2, 0.25) is 5.78 Å². The first-order valence-electron chi connectivity index (χ1n) is 15.7. The summed E-state index contributed by atoms with van der Waals surface area (Å²) < 4.78 is 20.9. The molecule has 1 aliphatic rings. The van der Waals surface area contributed by atoms with Crippen LogP contribution in [-0.4, -0.2) is 88.4 Å². The average molecular weight is 690 g/mol. The van der Waals surface area contributed by atoms with Crippen molar-refractivity contribution in [2.75, 3.05) is 63.2 Å². The fourth-order valence-corrected chi connectivity index (χ4v) is 6.40. The van der Waals surface area contributed by atoms with Crippen LogP contribution in [-0.2, 0) is 16.2 Å². The maximum atomic E-state index is 14.2. The van der Waals surface area contributed by atoms with Gasteiger partial charge in [-0.2, -0.15) is 5.10 Å². The van der Waals surface area contributed by atoms with Crippen molar-refractivity contribution in [3.8, 4) is 17.2 Å². The number of rotatable bonds is 11. The summed E-state index contributed by atoms with van der Waals surface area (Å²) in [4.78, 5) is 29.3. The Bertz CT molecular complexity index is 1980. The van der Waals surface area contributed by atoms with Gasteiger partial charge in [0, 0.05) is 34.8 Å². The Hall–Kier alpha value is -4.29. The Kier molecular flexibility index (Phi) is 9.84. The molecule has 0 aliphatic carbocycles. The highest BCUT2D eigenvalue weighted by molar-refractivity contribution is 8.32. The van der Waals surface area contributed by atoms with Gasteiger partial charge in [-0.15, -0.1) is 0 Å². The molecule has 0 atom stereocenters. The lowest BCUT2D eigenvalue weighted by molar-refractivity contribution is 0.0303. The normalized spacial score (nSPS) is 14.0. The number of carbonyl (C=O) groups is 2. The molecule has 0 spiro atoms. The summed E-state index contributed by atoms with van der Waals surface area (Å²) in [6.07, 6.45) is 8.22. The van der Waals surface area contributed by atoms with Crippen LogP contribution in [0.4, 0.5) is 5.82 Å². The second-order valence-corrected chi connectivity index (χ2v) is 17.7. The Balaban J connectivity index is 1.30. The number of carbonyl (C=O) groups excluding carboxylic acids is 2. The van der Waals surface area contributed by atoms with E-state index in [0.717, 1.165) is 22.2 Å². The zero-order valence-corrected chi connectivity index (χ0v) is 29.1. The molecule has 1 amide bonds. The van der Waals surface area contributed by atoms with Crippen molar-refractivity contribution in [2.45, 2.75) is 13.7 Å². The standard InChI is InChI=1S/C36H40ClN5O5S/c1-24-18-29(47-28-7-5-6-27(37)21-28)9-11-31(24)42-35(38)30(22-39-42)34(43)33-20-26-19-25(36(44)40-12-14-45-15-13-40)8-10-32(26)41(33)23-46-16-17-48(2,3)4/h5-11,18-22H,12-17,23,38H2,1-4H3. The number of nitrogens with zero attached hydrogens (tertiary/aromatic N) is 4. The number of amides is 1. The van der Waals surface area contributed by atoms with Gasteiger partial charge in [-0.3, -0.25) is 9.59 Å². The summed E-state index contributed by atoms with van der Waals surface area (Å²) in [5.74, 6) is 2.05. The van der Waals surface area contributed by atoms with E-state index in [4.69, 9.17) is 31.5 Å². The number of anilines is 1. The first-order valence-corrected chi connectivity index (χ1v) is 19.1. The van der Waals surface area contributed by atoms with E-state index in [1.807, 2.05) is 54.0 Å². The Morgan fingerprint density at radius 3 is 2.50 bits per heavy atom. The fourth-order valence-electron chi connectivity index (χ4n) is 5.60. The number of morpholine rings is 1. The van der Waals surface area contributed by atoms with Gasteiger partial charge in [0.15, 0.2) is 0 Å². The van der Waals surface area contributed by atoms with Crippen molar-refractivity contribution < 1.29 is 23.8 Å². The summed E-state index contributed by atoms with van der Waals surface area (Å²) in [5.41, 5.74) is 10.2. The molecule has 2 N–H and O–H groups in total. The summed E-state index contributed by atoms with van der Waals surface area (Å²) >= 11 is 6.11. The molecule has 252 valence electrons. The van der Waals surface area contributed by atoms with E-state index in [-0.39, 0.29) is 29.8 Å². The number of benzene rings is 3. The molecule has 0 radical (unpaired) electrons. The molecule has 1 aliphatic heterocycles. The molecule has 0 saturated carbocycles. The van der Waals surface area contributed by atoms with Crippen molar-refractivity contribution >= 4 is 50.0 Å². The predicted molar refractivity (Wildman–Crippen MR) is 193 cm³/mol.